The fourth-order valence-corrected chi connectivity index (χ4v) is 2.85. The van der Waals surface area contributed by atoms with Gasteiger partial charge in [-0.3, -0.25) is 9.59 Å². The van der Waals surface area contributed by atoms with Crippen molar-refractivity contribution in [2.75, 3.05) is 5.32 Å². The van der Waals surface area contributed by atoms with Crippen LogP contribution in [0.25, 0.3) is 0 Å². The fourth-order valence-electron chi connectivity index (χ4n) is 2.85. The molecule has 0 spiro atoms. The molecule has 0 heterocycles. The average Bonchev–Trinajstić information content (AvgIpc) is 2.53. The molecule has 0 bridgehead atoms. The monoisotopic (exact) mass is 294 g/mol. The first-order valence-corrected chi connectivity index (χ1v) is 7.47. The van der Waals surface area contributed by atoms with Crippen molar-refractivity contribution in [3.05, 3.63) is 64.7 Å². The van der Waals surface area contributed by atoms with E-state index in [1.807, 2.05) is 6.92 Å². The van der Waals surface area contributed by atoms with Gasteiger partial charge in [0, 0.05) is 22.4 Å². The van der Waals surface area contributed by atoms with Crippen LogP contribution in [-0.4, -0.2) is 17.7 Å². The quantitative estimate of drug-likeness (QED) is 0.726. The highest BCUT2D eigenvalue weighted by Gasteiger charge is 2.31. The molecule has 2 aromatic rings. The summed E-state index contributed by atoms with van der Waals surface area (Å²) in [5.74, 6) is -0.241. The summed E-state index contributed by atoms with van der Waals surface area (Å²) in [4.78, 5) is 25.4. The average molecular weight is 294 g/mol. The van der Waals surface area contributed by atoms with Crippen LogP contribution >= 0.6 is 0 Å². The molecule has 1 aliphatic carbocycles. The highest BCUT2D eigenvalue weighted by Crippen LogP contribution is 2.32. The molecule has 1 unspecified atom stereocenters. The highest BCUT2D eigenvalue weighted by molar-refractivity contribution is 6.30. The molecule has 0 saturated carbocycles. The number of nitrogens with one attached hydrogen (secondary N) is 1. The van der Waals surface area contributed by atoms with Gasteiger partial charge in [-0.15, -0.1) is 0 Å². The summed E-state index contributed by atoms with van der Waals surface area (Å²) in [6.07, 6.45) is 1.50. The Morgan fingerprint density at radius 3 is 2.27 bits per heavy atom. The molecule has 0 radical (unpaired) electrons. The van der Waals surface area contributed by atoms with Crippen molar-refractivity contribution in [1.29, 1.82) is 0 Å². The van der Waals surface area contributed by atoms with Crippen LogP contribution < -0.4 is 11.1 Å². The molecule has 112 valence electrons. The number of carbonyl (C=O) groups is 2. The summed E-state index contributed by atoms with van der Waals surface area (Å²) in [7, 11) is 0. The minimum atomic E-state index is -0.239. The zero-order valence-corrected chi connectivity index (χ0v) is 12.4. The summed E-state index contributed by atoms with van der Waals surface area (Å²) < 4.78 is 0. The van der Waals surface area contributed by atoms with Gasteiger partial charge >= 0.3 is 0 Å². The van der Waals surface area contributed by atoms with E-state index in [0.717, 1.165) is 12.8 Å². The van der Waals surface area contributed by atoms with Crippen LogP contribution in [0.2, 0.25) is 0 Å². The van der Waals surface area contributed by atoms with Gasteiger partial charge in [0.15, 0.2) is 11.6 Å². The van der Waals surface area contributed by atoms with Gasteiger partial charge in [-0.05, 0) is 12.5 Å². The molecular formula is C18H18N2O2. The second-order valence-corrected chi connectivity index (χ2v) is 5.47. The van der Waals surface area contributed by atoms with Crippen molar-refractivity contribution in [2.45, 2.75) is 25.9 Å². The SMILES string of the molecule is CCCC(N)Nc1cccc2c1C(=O)c1ccccc1C2=O. The Morgan fingerprint density at radius 1 is 0.955 bits per heavy atom. The zero-order chi connectivity index (χ0) is 15.7. The molecule has 3 rings (SSSR count). The van der Waals surface area contributed by atoms with E-state index in [1.165, 1.54) is 0 Å². The van der Waals surface area contributed by atoms with Gasteiger partial charge in [0.2, 0.25) is 0 Å². The maximum absolute atomic E-state index is 12.8. The third-order valence-corrected chi connectivity index (χ3v) is 3.89. The van der Waals surface area contributed by atoms with Crippen LogP contribution in [0.3, 0.4) is 0 Å². The largest absolute Gasteiger partial charge is 0.369 e. The van der Waals surface area contributed by atoms with E-state index in [4.69, 9.17) is 5.73 Å². The number of hydrogen-bond donors (Lipinski definition) is 2. The van der Waals surface area contributed by atoms with Crippen molar-refractivity contribution in [3.8, 4) is 0 Å². The molecule has 0 aromatic heterocycles. The first-order chi connectivity index (χ1) is 10.6. The minimum Gasteiger partial charge on any atom is -0.369 e. The molecule has 22 heavy (non-hydrogen) atoms. The molecule has 0 fully saturated rings. The first kappa shape index (κ1) is 14.5. The number of ketones is 2. The predicted octanol–water partition coefficient (Wildman–Crippen LogP) is 2.96. The third-order valence-electron chi connectivity index (χ3n) is 3.89. The van der Waals surface area contributed by atoms with Crippen molar-refractivity contribution in [2.24, 2.45) is 5.73 Å². The minimum absolute atomic E-state index is 0.113. The van der Waals surface area contributed by atoms with Crippen LogP contribution in [-0.2, 0) is 0 Å². The van der Waals surface area contributed by atoms with E-state index in [9.17, 15) is 9.59 Å². The smallest absolute Gasteiger partial charge is 0.196 e. The van der Waals surface area contributed by atoms with Gasteiger partial charge in [-0.1, -0.05) is 49.7 Å². The molecule has 4 nitrogen and oxygen atoms in total. The van der Waals surface area contributed by atoms with E-state index < -0.39 is 0 Å². The molecule has 0 aliphatic heterocycles. The van der Waals surface area contributed by atoms with Crippen molar-refractivity contribution in [1.82, 2.24) is 0 Å². The van der Waals surface area contributed by atoms with Crippen LogP contribution in [0, 0.1) is 0 Å². The maximum atomic E-state index is 12.8. The standard InChI is InChI=1S/C18H18N2O2/c1-2-6-15(19)20-14-10-5-9-13-16(14)18(22)12-8-4-3-7-11(12)17(13)21/h3-5,7-10,15,20H,2,6,19H2,1H3. The summed E-state index contributed by atoms with van der Waals surface area (Å²) >= 11 is 0. The Balaban J connectivity index is 2.09. The Hall–Kier alpha value is -2.46. The van der Waals surface area contributed by atoms with Crippen molar-refractivity contribution < 1.29 is 9.59 Å². The lowest BCUT2D eigenvalue weighted by Gasteiger charge is -2.22. The molecule has 3 N–H and O–H groups in total. The Morgan fingerprint density at radius 2 is 1.59 bits per heavy atom. The second kappa shape index (κ2) is 5.73. The van der Waals surface area contributed by atoms with Gasteiger partial charge < -0.3 is 11.1 Å². The number of fused-ring (bicyclic) bond motifs is 2. The van der Waals surface area contributed by atoms with Gasteiger partial charge in [0.1, 0.15) is 0 Å². The van der Waals surface area contributed by atoms with Crippen LogP contribution in [0.5, 0.6) is 0 Å². The molecular weight excluding hydrogens is 276 g/mol. The topological polar surface area (TPSA) is 72.2 Å². The van der Waals surface area contributed by atoms with Crippen LogP contribution in [0.15, 0.2) is 42.5 Å². The molecule has 0 amide bonds. The summed E-state index contributed by atoms with van der Waals surface area (Å²) in [6.45, 7) is 2.05. The van der Waals surface area contributed by atoms with E-state index in [0.29, 0.717) is 27.9 Å². The summed E-state index contributed by atoms with van der Waals surface area (Å²) in [5.41, 5.74) is 8.44. The lowest BCUT2D eigenvalue weighted by Crippen LogP contribution is -2.31. The Kier molecular flexibility index (Phi) is 3.77. The van der Waals surface area contributed by atoms with Gasteiger partial charge in [0.05, 0.1) is 11.7 Å². The fraction of sp³-hybridized carbons (Fsp3) is 0.222. The van der Waals surface area contributed by atoms with E-state index in [2.05, 4.69) is 5.32 Å². The van der Waals surface area contributed by atoms with Crippen LogP contribution in [0.4, 0.5) is 5.69 Å². The van der Waals surface area contributed by atoms with E-state index >= 15 is 0 Å². The Bertz CT molecular complexity index is 753. The maximum Gasteiger partial charge on any atom is 0.196 e. The molecule has 2 aromatic carbocycles. The van der Waals surface area contributed by atoms with E-state index in [-0.39, 0.29) is 17.7 Å². The number of carbonyl (C=O) groups excluding carboxylic acids is 2. The summed E-state index contributed by atoms with van der Waals surface area (Å²) in [6, 6.07) is 12.2. The van der Waals surface area contributed by atoms with E-state index in [1.54, 1.807) is 42.5 Å². The zero-order valence-electron chi connectivity index (χ0n) is 12.4. The van der Waals surface area contributed by atoms with Gasteiger partial charge in [-0.2, -0.15) is 0 Å². The number of anilines is 1. The molecule has 0 saturated heterocycles. The van der Waals surface area contributed by atoms with Crippen molar-refractivity contribution in [3.63, 3.8) is 0 Å². The van der Waals surface area contributed by atoms with Crippen LogP contribution in [0.1, 0.15) is 51.6 Å². The molecule has 1 aliphatic rings. The highest BCUT2D eigenvalue weighted by atomic mass is 16.1. The lowest BCUT2D eigenvalue weighted by atomic mass is 9.83. The summed E-state index contributed by atoms with van der Waals surface area (Å²) in [5, 5.41) is 3.16. The molecule has 1 atom stereocenters. The predicted molar refractivity (Wildman–Crippen MR) is 86.3 cm³/mol. The number of benzene rings is 2. The molecule has 4 heteroatoms. The first-order valence-electron chi connectivity index (χ1n) is 7.47. The van der Waals surface area contributed by atoms with Gasteiger partial charge in [-0.25, -0.2) is 0 Å². The lowest BCUT2D eigenvalue weighted by molar-refractivity contribution is 0.0979. The number of hydrogen-bond acceptors (Lipinski definition) is 4. The number of rotatable bonds is 4. The van der Waals surface area contributed by atoms with Crippen molar-refractivity contribution >= 4 is 17.3 Å². The second-order valence-electron chi connectivity index (χ2n) is 5.47. The third kappa shape index (κ3) is 2.31. The number of nitrogens with two attached hydrogens (primary N) is 1. The normalized spacial score (nSPS) is 14.3. The Labute approximate surface area is 129 Å². The van der Waals surface area contributed by atoms with Gasteiger partial charge in [0.25, 0.3) is 0 Å².